The van der Waals surface area contributed by atoms with Gasteiger partial charge in [-0.1, -0.05) is 43.7 Å². The monoisotopic (exact) mass is 360 g/mol. The van der Waals surface area contributed by atoms with Gasteiger partial charge in [0.2, 0.25) is 0 Å². The van der Waals surface area contributed by atoms with Gasteiger partial charge in [-0.3, -0.25) is 4.79 Å². The number of carboxylic acids is 1. The Morgan fingerprint density at radius 1 is 1.24 bits per heavy atom. The molecular weight excluding hydrogens is 336 g/mol. The zero-order valence-corrected chi connectivity index (χ0v) is 15.4. The molecule has 0 aliphatic rings. The predicted octanol–water partition coefficient (Wildman–Crippen LogP) is 3.91. The number of thiophene rings is 1. The summed E-state index contributed by atoms with van der Waals surface area (Å²) in [5.74, 6) is -0.916. The Balaban J connectivity index is 2.14. The molecule has 5 nitrogen and oxygen atoms in total. The summed E-state index contributed by atoms with van der Waals surface area (Å²) in [5.41, 5.74) is 2.29. The molecule has 0 aliphatic heterocycles. The number of carboxylic acid groups (broad SMARTS) is 1. The van der Waals surface area contributed by atoms with E-state index in [1.165, 1.54) is 10.5 Å². The van der Waals surface area contributed by atoms with E-state index in [4.69, 9.17) is 5.11 Å². The second kappa shape index (κ2) is 9.22. The molecule has 6 heteroatoms. The number of carbonyl (C=O) groups excluding carboxylic acids is 1. The van der Waals surface area contributed by atoms with Gasteiger partial charge < -0.3 is 15.3 Å². The van der Waals surface area contributed by atoms with E-state index in [2.05, 4.69) is 24.4 Å². The van der Waals surface area contributed by atoms with Crippen molar-refractivity contribution in [3.05, 3.63) is 57.8 Å². The molecule has 0 bridgehead atoms. The van der Waals surface area contributed by atoms with Crippen molar-refractivity contribution in [3.8, 4) is 0 Å². The smallest absolute Gasteiger partial charge is 0.317 e. The Hall–Kier alpha value is -2.34. The summed E-state index contributed by atoms with van der Waals surface area (Å²) in [4.78, 5) is 25.6. The number of aryl methyl sites for hydroxylation is 1. The Morgan fingerprint density at radius 3 is 2.52 bits per heavy atom. The molecule has 2 amide bonds. The van der Waals surface area contributed by atoms with Crippen LogP contribution in [0.5, 0.6) is 0 Å². The molecule has 0 saturated heterocycles. The highest BCUT2D eigenvalue weighted by Crippen LogP contribution is 2.26. The Labute approximate surface area is 152 Å². The lowest BCUT2D eigenvalue weighted by atomic mass is 10.0. The maximum absolute atomic E-state index is 12.4. The number of benzene rings is 1. The number of hydrogen-bond donors (Lipinski definition) is 2. The third-order valence-corrected chi connectivity index (χ3v) is 4.89. The van der Waals surface area contributed by atoms with Gasteiger partial charge in [0.25, 0.3) is 0 Å². The summed E-state index contributed by atoms with van der Waals surface area (Å²) in [6.45, 7) is 2.32. The number of amides is 2. The lowest BCUT2D eigenvalue weighted by Crippen LogP contribution is -2.40. The van der Waals surface area contributed by atoms with E-state index in [0.717, 1.165) is 23.3 Å². The molecule has 0 radical (unpaired) electrons. The standard InChI is InChI=1S/C19H24N2O3S/c1-3-5-14-7-9-15(10-8-14)18(16-6-4-13-25-16)20-19(24)21(2)12-11-17(22)23/h4,6-10,13,18H,3,5,11-12H2,1-2H3,(H,20,24)(H,22,23). The maximum atomic E-state index is 12.4. The van der Waals surface area contributed by atoms with Crippen LogP contribution in [-0.4, -0.2) is 35.6 Å². The van der Waals surface area contributed by atoms with Crippen molar-refractivity contribution in [2.45, 2.75) is 32.2 Å². The third kappa shape index (κ3) is 5.60. The number of nitrogens with one attached hydrogen (secondary N) is 1. The maximum Gasteiger partial charge on any atom is 0.317 e. The van der Waals surface area contributed by atoms with Gasteiger partial charge in [0, 0.05) is 18.5 Å². The molecule has 25 heavy (non-hydrogen) atoms. The van der Waals surface area contributed by atoms with E-state index >= 15 is 0 Å². The number of hydrogen-bond acceptors (Lipinski definition) is 3. The van der Waals surface area contributed by atoms with Crippen LogP contribution in [0.1, 0.15) is 41.8 Å². The lowest BCUT2D eigenvalue weighted by molar-refractivity contribution is -0.137. The van der Waals surface area contributed by atoms with Crippen LogP contribution < -0.4 is 5.32 Å². The van der Waals surface area contributed by atoms with Crippen LogP contribution in [0, 0.1) is 0 Å². The molecule has 2 N–H and O–H groups in total. The highest BCUT2D eigenvalue weighted by atomic mass is 32.1. The largest absolute Gasteiger partial charge is 0.481 e. The van der Waals surface area contributed by atoms with Crippen molar-refractivity contribution in [3.63, 3.8) is 0 Å². The van der Waals surface area contributed by atoms with Crippen LogP contribution in [0.25, 0.3) is 0 Å². The van der Waals surface area contributed by atoms with Crippen molar-refractivity contribution in [1.29, 1.82) is 0 Å². The molecule has 1 atom stereocenters. The SMILES string of the molecule is CCCc1ccc(C(NC(=O)N(C)CCC(=O)O)c2cccs2)cc1. The fraction of sp³-hybridized carbons (Fsp3) is 0.368. The minimum absolute atomic E-state index is 0.0701. The van der Waals surface area contributed by atoms with Gasteiger partial charge >= 0.3 is 12.0 Å². The molecule has 2 aromatic rings. The van der Waals surface area contributed by atoms with Gasteiger partial charge in [-0.2, -0.15) is 0 Å². The first-order valence-electron chi connectivity index (χ1n) is 8.37. The van der Waals surface area contributed by atoms with E-state index in [-0.39, 0.29) is 25.0 Å². The van der Waals surface area contributed by atoms with E-state index in [1.807, 2.05) is 29.6 Å². The fourth-order valence-electron chi connectivity index (χ4n) is 2.54. The molecule has 0 saturated carbocycles. The molecule has 0 aliphatic carbocycles. The Morgan fingerprint density at radius 2 is 1.96 bits per heavy atom. The topological polar surface area (TPSA) is 69.6 Å². The highest BCUT2D eigenvalue weighted by molar-refractivity contribution is 7.10. The van der Waals surface area contributed by atoms with Crippen LogP contribution in [0.15, 0.2) is 41.8 Å². The minimum Gasteiger partial charge on any atom is -0.481 e. The summed E-state index contributed by atoms with van der Waals surface area (Å²) in [6.07, 6.45) is 2.06. The average molecular weight is 360 g/mol. The summed E-state index contributed by atoms with van der Waals surface area (Å²) >= 11 is 1.58. The highest BCUT2D eigenvalue weighted by Gasteiger charge is 2.20. The third-order valence-electron chi connectivity index (χ3n) is 3.96. The zero-order chi connectivity index (χ0) is 18.2. The van der Waals surface area contributed by atoms with Gasteiger partial charge in [-0.15, -0.1) is 11.3 Å². The number of rotatable bonds is 8. The van der Waals surface area contributed by atoms with Crippen LogP contribution >= 0.6 is 11.3 Å². The van der Waals surface area contributed by atoms with E-state index in [0.29, 0.717) is 0 Å². The summed E-state index contributed by atoms with van der Waals surface area (Å²) < 4.78 is 0. The lowest BCUT2D eigenvalue weighted by Gasteiger charge is -2.23. The Bertz CT molecular complexity index is 683. The number of aliphatic carboxylic acids is 1. The molecule has 1 unspecified atom stereocenters. The van der Waals surface area contributed by atoms with Crippen LogP contribution in [-0.2, 0) is 11.2 Å². The first-order valence-corrected chi connectivity index (χ1v) is 9.25. The van der Waals surface area contributed by atoms with Gasteiger partial charge in [0.15, 0.2) is 0 Å². The van der Waals surface area contributed by atoms with Crippen molar-refractivity contribution in [2.75, 3.05) is 13.6 Å². The molecule has 1 aromatic carbocycles. The molecule has 1 aromatic heterocycles. The molecule has 2 rings (SSSR count). The van der Waals surface area contributed by atoms with Crippen molar-refractivity contribution < 1.29 is 14.7 Å². The normalized spacial score (nSPS) is 11.8. The first-order chi connectivity index (χ1) is 12.0. The fourth-order valence-corrected chi connectivity index (χ4v) is 3.34. The minimum atomic E-state index is -0.916. The van der Waals surface area contributed by atoms with Gasteiger partial charge in [-0.05, 0) is 29.0 Å². The van der Waals surface area contributed by atoms with Crippen LogP contribution in [0.2, 0.25) is 0 Å². The Kier molecular flexibility index (Phi) is 7.01. The summed E-state index contributed by atoms with van der Waals surface area (Å²) in [7, 11) is 1.61. The molecule has 134 valence electrons. The van der Waals surface area contributed by atoms with E-state index in [1.54, 1.807) is 18.4 Å². The predicted molar refractivity (Wildman–Crippen MR) is 100 cm³/mol. The molecular formula is C19H24N2O3S. The van der Waals surface area contributed by atoms with Crippen molar-refractivity contribution in [1.82, 2.24) is 10.2 Å². The van der Waals surface area contributed by atoms with Gasteiger partial charge in [-0.25, -0.2) is 4.79 Å². The second-order valence-corrected chi connectivity index (χ2v) is 6.93. The molecule has 0 spiro atoms. The van der Waals surface area contributed by atoms with Crippen LogP contribution in [0.3, 0.4) is 0 Å². The number of carbonyl (C=O) groups is 2. The quantitative estimate of drug-likeness (QED) is 0.750. The number of urea groups is 1. The van der Waals surface area contributed by atoms with Crippen molar-refractivity contribution in [2.24, 2.45) is 0 Å². The summed E-state index contributed by atoms with van der Waals surface area (Å²) in [5, 5.41) is 13.8. The molecule has 1 heterocycles. The summed E-state index contributed by atoms with van der Waals surface area (Å²) in [6, 6.07) is 11.7. The van der Waals surface area contributed by atoms with E-state index < -0.39 is 5.97 Å². The zero-order valence-electron chi connectivity index (χ0n) is 14.6. The van der Waals surface area contributed by atoms with E-state index in [9.17, 15) is 9.59 Å². The van der Waals surface area contributed by atoms with Gasteiger partial charge in [0.1, 0.15) is 0 Å². The molecule has 0 fully saturated rings. The van der Waals surface area contributed by atoms with Crippen LogP contribution in [0.4, 0.5) is 4.79 Å². The number of nitrogens with zero attached hydrogens (tertiary/aromatic N) is 1. The average Bonchev–Trinajstić information content (AvgIpc) is 3.12. The first kappa shape index (κ1) is 19.0. The second-order valence-electron chi connectivity index (χ2n) is 5.95. The van der Waals surface area contributed by atoms with Crippen molar-refractivity contribution >= 4 is 23.3 Å². The van der Waals surface area contributed by atoms with Gasteiger partial charge in [0.05, 0.1) is 12.5 Å².